The van der Waals surface area contributed by atoms with Gasteiger partial charge in [-0.1, -0.05) is 30.3 Å². The molecular weight excluding hydrogens is 208 g/mol. The first-order valence-electron chi connectivity index (χ1n) is 6.45. The van der Waals surface area contributed by atoms with Gasteiger partial charge >= 0.3 is 0 Å². The Labute approximate surface area is 104 Å². The molecule has 0 saturated carbocycles. The van der Waals surface area contributed by atoms with Gasteiger partial charge in [0, 0.05) is 12.5 Å². The van der Waals surface area contributed by atoms with Crippen LogP contribution in [0.15, 0.2) is 30.3 Å². The van der Waals surface area contributed by atoms with Gasteiger partial charge in [-0.05, 0) is 44.3 Å². The third kappa shape index (κ3) is 3.31. The number of nitriles is 1. The topological polar surface area (TPSA) is 27.0 Å². The minimum atomic E-state index is 0.217. The molecule has 0 spiro atoms. The Balaban J connectivity index is 1.82. The average Bonchev–Trinajstić information content (AvgIpc) is 2.40. The second kappa shape index (κ2) is 5.84. The van der Waals surface area contributed by atoms with Crippen LogP contribution in [-0.4, -0.2) is 18.0 Å². The number of hydrogen-bond donors (Lipinski definition) is 0. The molecule has 2 nitrogen and oxygen atoms in total. The van der Waals surface area contributed by atoms with Crippen molar-refractivity contribution in [2.45, 2.75) is 26.3 Å². The van der Waals surface area contributed by atoms with Crippen molar-refractivity contribution in [2.75, 3.05) is 13.1 Å². The number of rotatable bonds is 3. The van der Waals surface area contributed by atoms with E-state index in [1.807, 2.05) is 0 Å². The lowest BCUT2D eigenvalue weighted by atomic mass is 9.86. The lowest BCUT2D eigenvalue weighted by Crippen LogP contribution is -2.34. The molecule has 0 amide bonds. The second-order valence-corrected chi connectivity index (χ2v) is 5.02. The van der Waals surface area contributed by atoms with Crippen LogP contribution >= 0.6 is 0 Å². The molecule has 1 atom stereocenters. The van der Waals surface area contributed by atoms with Crippen LogP contribution < -0.4 is 0 Å². The Kier molecular flexibility index (Phi) is 4.17. The van der Waals surface area contributed by atoms with Gasteiger partial charge in [-0.2, -0.15) is 5.26 Å². The standard InChI is InChI=1S/C15H20N2/c1-13(11-16)15-7-9-17(10-8-15)12-14-5-3-2-4-6-14/h2-6,13,15H,7-10,12H2,1H3. The molecular formula is C15H20N2. The zero-order chi connectivity index (χ0) is 12.1. The molecule has 0 bridgehead atoms. The van der Waals surface area contributed by atoms with E-state index in [-0.39, 0.29) is 5.92 Å². The average molecular weight is 228 g/mol. The molecule has 1 fully saturated rings. The highest BCUT2D eigenvalue weighted by atomic mass is 15.1. The summed E-state index contributed by atoms with van der Waals surface area (Å²) in [4.78, 5) is 2.50. The van der Waals surface area contributed by atoms with E-state index in [1.165, 1.54) is 18.4 Å². The SMILES string of the molecule is CC(C#N)C1CCN(Cc2ccccc2)CC1. The quantitative estimate of drug-likeness (QED) is 0.795. The predicted octanol–water partition coefficient (Wildman–Crippen LogP) is 3.06. The van der Waals surface area contributed by atoms with Crippen LogP contribution in [0.1, 0.15) is 25.3 Å². The summed E-state index contributed by atoms with van der Waals surface area (Å²) in [5.74, 6) is 0.820. The fraction of sp³-hybridized carbons (Fsp3) is 0.533. The van der Waals surface area contributed by atoms with Crippen molar-refractivity contribution in [3.05, 3.63) is 35.9 Å². The summed E-state index contributed by atoms with van der Waals surface area (Å²) in [6.45, 7) is 5.36. The lowest BCUT2D eigenvalue weighted by Gasteiger charge is -2.33. The molecule has 0 aromatic heterocycles. The second-order valence-electron chi connectivity index (χ2n) is 5.02. The highest BCUT2D eigenvalue weighted by molar-refractivity contribution is 5.14. The van der Waals surface area contributed by atoms with Crippen molar-refractivity contribution in [3.8, 4) is 6.07 Å². The molecule has 2 heteroatoms. The third-order valence-corrected chi connectivity index (χ3v) is 3.79. The monoisotopic (exact) mass is 228 g/mol. The molecule has 1 saturated heterocycles. The van der Waals surface area contributed by atoms with Crippen LogP contribution in [-0.2, 0) is 6.54 Å². The van der Waals surface area contributed by atoms with E-state index in [0.29, 0.717) is 5.92 Å². The van der Waals surface area contributed by atoms with E-state index in [2.05, 4.69) is 48.2 Å². The first kappa shape index (κ1) is 12.1. The number of nitrogens with zero attached hydrogens (tertiary/aromatic N) is 2. The summed E-state index contributed by atoms with van der Waals surface area (Å²) in [7, 11) is 0. The largest absolute Gasteiger partial charge is 0.299 e. The summed E-state index contributed by atoms with van der Waals surface area (Å²) >= 11 is 0. The molecule has 0 radical (unpaired) electrons. The first-order chi connectivity index (χ1) is 8.29. The van der Waals surface area contributed by atoms with Gasteiger partial charge in [0.05, 0.1) is 6.07 Å². The van der Waals surface area contributed by atoms with Crippen LogP contribution in [0.25, 0.3) is 0 Å². The minimum Gasteiger partial charge on any atom is -0.299 e. The molecule has 1 unspecified atom stereocenters. The van der Waals surface area contributed by atoms with Crippen molar-refractivity contribution >= 4 is 0 Å². The van der Waals surface area contributed by atoms with Crippen molar-refractivity contribution in [3.63, 3.8) is 0 Å². The summed E-state index contributed by atoms with van der Waals surface area (Å²) in [6, 6.07) is 13.0. The third-order valence-electron chi connectivity index (χ3n) is 3.79. The van der Waals surface area contributed by atoms with E-state index >= 15 is 0 Å². The van der Waals surface area contributed by atoms with Gasteiger partial charge in [0.15, 0.2) is 0 Å². The number of benzene rings is 1. The summed E-state index contributed by atoms with van der Waals surface area (Å²) < 4.78 is 0. The van der Waals surface area contributed by atoms with Gasteiger partial charge in [-0.3, -0.25) is 4.90 Å². The van der Waals surface area contributed by atoms with E-state index in [9.17, 15) is 0 Å². The van der Waals surface area contributed by atoms with Crippen LogP contribution in [0.2, 0.25) is 0 Å². The van der Waals surface area contributed by atoms with Crippen molar-refractivity contribution in [1.82, 2.24) is 4.90 Å². The van der Waals surface area contributed by atoms with Gasteiger partial charge in [0.1, 0.15) is 0 Å². The molecule has 1 aliphatic rings. The molecule has 1 aliphatic heterocycles. The molecule has 1 heterocycles. The van der Waals surface area contributed by atoms with Crippen LogP contribution in [0.4, 0.5) is 0 Å². The van der Waals surface area contributed by atoms with E-state index in [1.54, 1.807) is 0 Å². The van der Waals surface area contributed by atoms with E-state index < -0.39 is 0 Å². The summed E-state index contributed by atoms with van der Waals surface area (Å²) in [6.07, 6.45) is 2.34. The highest BCUT2D eigenvalue weighted by Crippen LogP contribution is 2.25. The molecule has 17 heavy (non-hydrogen) atoms. The Hall–Kier alpha value is -1.33. The normalized spacial score (nSPS) is 19.8. The smallest absolute Gasteiger partial charge is 0.0655 e. The number of likely N-dealkylation sites (tertiary alicyclic amines) is 1. The summed E-state index contributed by atoms with van der Waals surface area (Å²) in [5.41, 5.74) is 1.39. The van der Waals surface area contributed by atoms with Gasteiger partial charge in [0.25, 0.3) is 0 Å². The Morgan fingerprint density at radius 3 is 2.53 bits per heavy atom. The fourth-order valence-corrected chi connectivity index (χ4v) is 2.56. The van der Waals surface area contributed by atoms with Crippen molar-refractivity contribution < 1.29 is 0 Å². The molecule has 90 valence electrons. The molecule has 0 aliphatic carbocycles. The van der Waals surface area contributed by atoms with Crippen LogP contribution in [0, 0.1) is 23.2 Å². The lowest BCUT2D eigenvalue weighted by molar-refractivity contribution is 0.160. The maximum Gasteiger partial charge on any atom is 0.0655 e. The van der Waals surface area contributed by atoms with E-state index in [0.717, 1.165) is 19.6 Å². The maximum atomic E-state index is 8.92. The highest BCUT2D eigenvalue weighted by Gasteiger charge is 2.23. The number of piperidine rings is 1. The molecule has 2 rings (SSSR count). The van der Waals surface area contributed by atoms with Crippen LogP contribution in [0.5, 0.6) is 0 Å². The summed E-state index contributed by atoms with van der Waals surface area (Å²) in [5, 5.41) is 8.92. The Morgan fingerprint density at radius 2 is 1.94 bits per heavy atom. The minimum absolute atomic E-state index is 0.217. The van der Waals surface area contributed by atoms with Gasteiger partial charge in [-0.15, -0.1) is 0 Å². The zero-order valence-corrected chi connectivity index (χ0v) is 10.5. The van der Waals surface area contributed by atoms with Crippen molar-refractivity contribution in [1.29, 1.82) is 5.26 Å². The van der Waals surface area contributed by atoms with Gasteiger partial charge in [-0.25, -0.2) is 0 Å². The fourth-order valence-electron chi connectivity index (χ4n) is 2.56. The Bertz CT molecular complexity index is 372. The molecule has 1 aromatic carbocycles. The zero-order valence-electron chi connectivity index (χ0n) is 10.5. The molecule has 1 aromatic rings. The Morgan fingerprint density at radius 1 is 1.29 bits per heavy atom. The molecule has 0 N–H and O–H groups in total. The van der Waals surface area contributed by atoms with Gasteiger partial charge in [0.2, 0.25) is 0 Å². The van der Waals surface area contributed by atoms with E-state index in [4.69, 9.17) is 5.26 Å². The first-order valence-corrected chi connectivity index (χ1v) is 6.45. The maximum absolute atomic E-state index is 8.92. The van der Waals surface area contributed by atoms with Gasteiger partial charge < -0.3 is 0 Å². The van der Waals surface area contributed by atoms with Crippen molar-refractivity contribution in [2.24, 2.45) is 11.8 Å². The predicted molar refractivity (Wildman–Crippen MR) is 69.2 cm³/mol. The number of hydrogen-bond acceptors (Lipinski definition) is 2. The van der Waals surface area contributed by atoms with Crippen LogP contribution in [0.3, 0.4) is 0 Å².